The van der Waals surface area contributed by atoms with Crippen LogP contribution in [0.25, 0.3) is 0 Å². The lowest BCUT2D eigenvalue weighted by Crippen LogP contribution is -2.11. The summed E-state index contributed by atoms with van der Waals surface area (Å²) >= 11 is 0. The summed E-state index contributed by atoms with van der Waals surface area (Å²) in [5, 5.41) is 9.01. The molecule has 0 saturated carbocycles. The maximum atomic E-state index is 12.2. The van der Waals surface area contributed by atoms with E-state index in [1.165, 1.54) is 18.2 Å². The SMILES string of the molecule is CCCCCCS(=O)(=O)c1cccc(C(=O)O)c1C. The van der Waals surface area contributed by atoms with E-state index in [-0.39, 0.29) is 16.2 Å². The number of sulfone groups is 1. The normalized spacial score (nSPS) is 11.5. The van der Waals surface area contributed by atoms with Crippen molar-refractivity contribution >= 4 is 15.8 Å². The molecular formula is C14H20O4S. The number of hydrogen-bond acceptors (Lipinski definition) is 3. The highest BCUT2D eigenvalue weighted by Crippen LogP contribution is 2.21. The van der Waals surface area contributed by atoms with Gasteiger partial charge in [-0.05, 0) is 31.0 Å². The molecule has 0 fully saturated rings. The predicted octanol–water partition coefficient (Wildman–Crippen LogP) is 3.05. The Labute approximate surface area is 114 Å². The Kier molecular flexibility index (Phi) is 5.54. The molecule has 19 heavy (non-hydrogen) atoms. The maximum absolute atomic E-state index is 12.2. The lowest BCUT2D eigenvalue weighted by atomic mass is 10.1. The fraction of sp³-hybridized carbons (Fsp3) is 0.500. The Hall–Kier alpha value is -1.36. The Morgan fingerprint density at radius 1 is 1.21 bits per heavy atom. The standard InChI is InChI=1S/C14H20O4S/c1-3-4-5-6-10-19(17,18)13-9-7-8-12(11(13)2)14(15)16/h7-9H,3-6,10H2,1-2H3,(H,15,16). The average molecular weight is 284 g/mol. The summed E-state index contributed by atoms with van der Waals surface area (Å²) in [7, 11) is -3.39. The minimum atomic E-state index is -3.39. The Morgan fingerprint density at radius 3 is 2.47 bits per heavy atom. The first-order chi connectivity index (χ1) is 8.90. The second-order valence-electron chi connectivity index (χ2n) is 4.61. The maximum Gasteiger partial charge on any atom is 0.335 e. The molecule has 4 nitrogen and oxygen atoms in total. The molecule has 5 heteroatoms. The quantitative estimate of drug-likeness (QED) is 0.781. The number of carbonyl (C=O) groups is 1. The molecule has 0 spiro atoms. The van der Waals surface area contributed by atoms with Crippen molar-refractivity contribution < 1.29 is 18.3 Å². The van der Waals surface area contributed by atoms with Gasteiger partial charge in [0.15, 0.2) is 9.84 Å². The van der Waals surface area contributed by atoms with Gasteiger partial charge in [0.1, 0.15) is 0 Å². The molecule has 0 bridgehead atoms. The third-order valence-electron chi connectivity index (χ3n) is 3.12. The molecular weight excluding hydrogens is 264 g/mol. The molecule has 1 aromatic carbocycles. The van der Waals surface area contributed by atoms with E-state index in [0.29, 0.717) is 12.0 Å². The molecule has 0 heterocycles. The van der Waals surface area contributed by atoms with Gasteiger partial charge in [0, 0.05) is 0 Å². The van der Waals surface area contributed by atoms with Crippen molar-refractivity contribution in [2.45, 2.75) is 44.4 Å². The van der Waals surface area contributed by atoms with Crippen LogP contribution in [0.15, 0.2) is 23.1 Å². The van der Waals surface area contributed by atoms with Crippen LogP contribution in [-0.2, 0) is 9.84 Å². The third kappa shape index (κ3) is 4.06. The van der Waals surface area contributed by atoms with Gasteiger partial charge in [0.2, 0.25) is 0 Å². The summed E-state index contributed by atoms with van der Waals surface area (Å²) < 4.78 is 24.4. The van der Waals surface area contributed by atoms with Crippen LogP contribution in [0.1, 0.15) is 48.5 Å². The van der Waals surface area contributed by atoms with Crippen LogP contribution in [0, 0.1) is 6.92 Å². The van der Waals surface area contributed by atoms with Crippen LogP contribution in [0.3, 0.4) is 0 Å². The fourth-order valence-corrected chi connectivity index (χ4v) is 3.68. The lowest BCUT2D eigenvalue weighted by Gasteiger charge is -2.09. The molecule has 0 aromatic heterocycles. The zero-order valence-electron chi connectivity index (χ0n) is 11.3. The van der Waals surface area contributed by atoms with E-state index in [2.05, 4.69) is 6.92 Å². The van der Waals surface area contributed by atoms with Crippen LogP contribution < -0.4 is 0 Å². The molecule has 0 aliphatic carbocycles. The van der Waals surface area contributed by atoms with Gasteiger partial charge in [-0.15, -0.1) is 0 Å². The molecule has 1 N–H and O–H groups in total. The van der Waals surface area contributed by atoms with Crippen molar-refractivity contribution in [2.75, 3.05) is 5.75 Å². The molecule has 0 amide bonds. The van der Waals surface area contributed by atoms with Crippen LogP contribution >= 0.6 is 0 Å². The van der Waals surface area contributed by atoms with Crippen molar-refractivity contribution in [3.8, 4) is 0 Å². The van der Waals surface area contributed by atoms with Crippen LogP contribution in [-0.4, -0.2) is 25.2 Å². The predicted molar refractivity (Wildman–Crippen MR) is 74.3 cm³/mol. The van der Waals surface area contributed by atoms with Gasteiger partial charge in [-0.25, -0.2) is 13.2 Å². The number of carboxylic acid groups (broad SMARTS) is 1. The van der Waals surface area contributed by atoms with Crippen molar-refractivity contribution in [1.82, 2.24) is 0 Å². The van der Waals surface area contributed by atoms with Crippen LogP contribution in [0.4, 0.5) is 0 Å². The van der Waals surface area contributed by atoms with E-state index < -0.39 is 15.8 Å². The molecule has 1 rings (SSSR count). The number of rotatable bonds is 7. The number of unbranched alkanes of at least 4 members (excludes halogenated alkanes) is 3. The monoisotopic (exact) mass is 284 g/mol. The summed E-state index contributed by atoms with van der Waals surface area (Å²) in [5.41, 5.74) is 0.375. The highest BCUT2D eigenvalue weighted by atomic mass is 32.2. The second kappa shape index (κ2) is 6.70. The molecule has 0 atom stereocenters. The topological polar surface area (TPSA) is 71.4 Å². The zero-order chi connectivity index (χ0) is 14.5. The summed E-state index contributed by atoms with van der Waals surface area (Å²) in [5.74, 6) is -1.02. The molecule has 0 radical (unpaired) electrons. The van der Waals surface area contributed by atoms with Crippen LogP contribution in [0.2, 0.25) is 0 Å². The number of benzene rings is 1. The molecule has 106 valence electrons. The largest absolute Gasteiger partial charge is 0.478 e. The van der Waals surface area contributed by atoms with Crippen molar-refractivity contribution in [1.29, 1.82) is 0 Å². The van der Waals surface area contributed by atoms with Gasteiger partial charge < -0.3 is 5.11 Å². The smallest absolute Gasteiger partial charge is 0.335 e. The highest BCUT2D eigenvalue weighted by molar-refractivity contribution is 7.91. The van der Waals surface area contributed by atoms with Gasteiger partial charge in [0.05, 0.1) is 16.2 Å². The molecule has 0 saturated heterocycles. The fourth-order valence-electron chi connectivity index (χ4n) is 2.01. The van der Waals surface area contributed by atoms with Crippen molar-refractivity contribution in [3.05, 3.63) is 29.3 Å². The molecule has 0 aliphatic rings. The summed E-state index contributed by atoms with van der Waals surface area (Å²) in [6.07, 6.45) is 3.57. The lowest BCUT2D eigenvalue weighted by molar-refractivity contribution is 0.0696. The van der Waals surface area contributed by atoms with Gasteiger partial charge in [0.25, 0.3) is 0 Å². The van der Waals surface area contributed by atoms with Gasteiger partial charge in [-0.1, -0.05) is 32.3 Å². The average Bonchev–Trinajstić information content (AvgIpc) is 2.34. The van der Waals surface area contributed by atoms with E-state index in [4.69, 9.17) is 5.11 Å². The first-order valence-electron chi connectivity index (χ1n) is 6.45. The van der Waals surface area contributed by atoms with Crippen LogP contribution in [0.5, 0.6) is 0 Å². The minimum absolute atomic E-state index is 0.0506. The Morgan fingerprint density at radius 2 is 1.89 bits per heavy atom. The number of aromatic carboxylic acids is 1. The van der Waals surface area contributed by atoms with E-state index in [0.717, 1.165) is 19.3 Å². The van der Waals surface area contributed by atoms with Crippen molar-refractivity contribution in [3.63, 3.8) is 0 Å². The van der Waals surface area contributed by atoms with Crippen molar-refractivity contribution in [2.24, 2.45) is 0 Å². The number of hydrogen-bond donors (Lipinski definition) is 1. The Bertz CT molecular complexity index is 547. The molecule has 0 aliphatic heterocycles. The zero-order valence-corrected chi connectivity index (χ0v) is 12.2. The van der Waals surface area contributed by atoms with E-state index in [1.54, 1.807) is 6.92 Å². The first-order valence-corrected chi connectivity index (χ1v) is 8.11. The van der Waals surface area contributed by atoms with E-state index >= 15 is 0 Å². The summed E-state index contributed by atoms with van der Waals surface area (Å²) in [6, 6.07) is 4.39. The van der Waals surface area contributed by atoms with E-state index in [1.807, 2.05) is 0 Å². The van der Waals surface area contributed by atoms with Gasteiger partial charge >= 0.3 is 5.97 Å². The summed E-state index contributed by atoms with van der Waals surface area (Å²) in [6.45, 7) is 3.61. The third-order valence-corrected chi connectivity index (χ3v) is 5.05. The number of carboxylic acids is 1. The Balaban J connectivity index is 2.96. The van der Waals surface area contributed by atoms with E-state index in [9.17, 15) is 13.2 Å². The minimum Gasteiger partial charge on any atom is -0.478 e. The molecule has 1 aromatic rings. The summed E-state index contributed by atoms with van der Waals surface area (Å²) in [4.78, 5) is 11.1. The molecule has 0 unspecified atom stereocenters. The first kappa shape index (κ1) is 15.7. The van der Waals surface area contributed by atoms with Gasteiger partial charge in [-0.3, -0.25) is 0 Å². The van der Waals surface area contributed by atoms with Gasteiger partial charge in [-0.2, -0.15) is 0 Å². The highest BCUT2D eigenvalue weighted by Gasteiger charge is 2.20. The second-order valence-corrected chi connectivity index (χ2v) is 6.69.